The maximum atomic E-state index is 12.2. The normalized spacial score (nSPS) is 11.7. The average molecular weight is 565 g/mol. The topological polar surface area (TPSA) is 171 Å². The van der Waals surface area contributed by atoms with E-state index in [1.807, 2.05) is 18.8 Å². The molecule has 0 aliphatic carbocycles. The molecule has 1 N–H and O–H groups in total. The molecule has 3 rings (SSSR count). The van der Waals surface area contributed by atoms with E-state index in [1.165, 1.54) is 19.1 Å². The first-order valence-electron chi connectivity index (χ1n) is 11.1. The smallest absolute Gasteiger partial charge is 0.436 e. The fourth-order valence-electron chi connectivity index (χ4n) is 2.99. The number of rotatable bonds is 8. The van der Waals surface area contributed by atoms with Crippen LogP contribution in [0.15, 0.2) is 27.8 Å². The quantitative estimate of drug-likeness (QED) is 0.308. The number of aromatic nitrogens is 5. The lowest BCUT2D eigenvalue weighted by atomic mass is 10.1. The third-order valence-corrected chi connectivity index (χ3v) is 5.19. The molecule has 1 unspecified atom stereocenters. The van der Waals surface area contributed by atoms with Crippen LogP contribution in [0.4, 0.5) is 4.79 Å². The molecule has 0 bridgehead atoms. The fraction of sp³-hybridized carbons (Fsp3) is 0.348. The summed E-state index contributed by atoms with van der Waals surface area (Å²) in [6.07, 6.45) is -2.25. The van der Waals surface area contributed by atoms with Gasteiger partial charge >= 0.3 is 11.8 Å². The molecular formula is C23H22Cl2N6O7. The molecule has 0 saturated heterocycles. The van der Waals surface area contributed by atoms with E-state index in [2.05, 4.69) is 15.3 Å². The van der Waals surface area contributed by atoms with Gasteiger partial charge in [-0.05, 0) is 31.9 Å². The van der Waals surface area contributed by atoms with Crippen molar-refractivity contribution in [3.05, 3.63) is 60.3 Å². The number of carbonyl (C=O) groups excluding carboxylic acids is 1. The van der Waals surface area contributed by atoms with Gasteiger partial charge in [0.25, 0.3) is 5.56 Å². The molecular weight excluding hydrogens is 543 g/mol. The number of halogens is 2. The van der Waals surface area contributed by atoms with Gasteiger partial charge in [0.05, 0.1) is 21.8 Å². The largest absolute Gasteiger partial charge is 0.511 e. The lowest BCUT2D eigenvalue weighted by molar-refractivity contribution is -0.0631. The predicted molar refractivity (Wildman–Crippen MR) is 134 cm³/mol. The van der Waals surface area contributed by atoms with Gasteiger partial charge in [-0.15, -0.1) is 15.3 Å². The molecule has 3 aromatic rings. The van der Waals surface area contributed by atoms with Gasteiger partial charge in [-0.2, -0.15) is 9.94 Å². The van der Waals surface area contributed by atoms with E-state index >= 15 is 0 Å². The Morgan fingerprint density at radius 1 is 1.05 bits per heavy atom. The summed E-state index contributed by atoms with van der Waals surface area (Å²) in [4.78, 5) is 37.5. The number of ether oxygens (including phenoxy) is 4. The number of hydrogen-bond acceptors (Lipinski definition) is 11. The number of nitriles is 1. The van der Waals surface area contributed by atoms with Crippen molar-refractivity contribution in [1.29, 1.82) is 5.26 Å². The van der Waals surface area contributed by atoms with E-state index in [-0.39, 0.29) is 45.3 Å². The number of benzene rings is 1. The number of carbonyl (C=O) groups is 1. The maximum Gasteiger partial charge on any atom is 0.511 e. The van der Waals surface area contributed by atoms with E-state index in [0.29, 0.717) is 5.56 Å². The number of hydrogen-bond donors (Lipinski definition) is 1. The summed E-state index contributed by atoms with van der Waals surface area (Å²) in [6.45, 7) is 8.63. The molecule has 1 atom stereocenters. The van der Waals surface area contributed by atoms with Crippen LogP contribution in [0.25, 0.3) is 5.69 Å². The van der Waals surface area contributed by atoms with Gasteiger partial charge in [0, 0.05) is 18.6 Å². The zero-order valence-corrected chi connectivity index (χ0v) is 22.3. The van der Waals surface area contributed by atoms with Crippen LogP contribution < -0.4 is 20.7 Å². The zero-order valence-electron chi connectivity index (χ0n) is 20.8. The van der Waals surface area contributed by atoms with Crippen LogP contribution in [0.2, 0.25) is 10.0 Å². The van der Waals surface area contributed by atoms with Crippen molar-refractivity contribution in [3.8, 4) is 29.3 Å². The molecule has 0 radical (unpaired) electrons. The van der Waals surface area contributed by atoms with Gasteiger partial charge in [-0.1, -0.05) is 37.0 Å². The minimum Gasteiger partial charge on any atom is -0.436 e. The van der Waals surface area contributed by atoms with Gasteiger partial charge < -0.3 is 18.9 Å². The highest BCUT2D eigenvalue weighted by Crippen LogP contribution is 2.38. The summed E-state index contributed by atoms with van der Waals surface area (Å²) in [5.74, 6) is 0.0393. The van der Waals surface area contributed by atoms with Gasteiger partial charge in [-0.25, -0.2) is 9.59 Å². The highest BCUT2D eigenvalue weighted by atomic mass is 35.5. The van der Waals surface area contributed by atoms with Crippen LogP contribution in [-0.2, 0) is 9.47 Å². The van der Waals surface area contributed by atoms with E-state index in [1.54, 1.807) is 26.0 Å². The average Bonchev–Trinajstić information content (AvgIpc) is 2.81. The van der Waals surface area contributed by atoms with Crippen molar-refractivity contribution in [2.24, 2.45) is 0 Å². The highest BCUT2D eigenvalue weighted by Gasteiger charge is 2.21. The lowest BCUT2D eigenvalue weighted by Crippen LogP contribution is -2.33. The SMILES string of the molecule is CC(C)OC(=O)OC(C)Oc1nnc(Oc2c(Cl)cc(-n3nc(C#N)c(=O)[nH]c3=O)cc2Cl)cc1C(C)C. The Kier molecular flexibility index (Phi) is 8.92. The minimum absolute atomic E-state index is 0.000806. The summed E-state index contributed by atoms with van der Waals surface area (Å²) in [5.41, 5.74) is -1.68. The Balaban J connectivity index is 1.87. The van der Waals surface area contributed by atoms with Crippen LogP contribution in [0, 0.1) is 11.3 Å². The molecule has 2 aromatic heterocycles. The Morgan fingerprint density at radius 3 is 2.29 bits per heavy atom. The third-order valence-electron chi connectivity index (χ3n) is 4.63. The Labute approximate surface area is 225 Å². The number of aromatic amines is 1. The second kappa shape index (κ2) is 11.9. The molecule has 0 amide bonds. The first-order valence-corrected chi connectivity index (χ1v) is 11.9. The van der Waals surface area contributed by atoms with Crippen molar-refractivity contribution in [2.45, 2.75) is 52.9 Å². The monoisotopic (exact) mass is 564 g/mol. The molecule has 200 valence electrons. The van der Waals surface area contributed by atoms with Crippen molar-refractivity contribution in [3.63, 3.8) is 0 Å². The fourth-order valence-corrected chi connectivity index (χ4v) is 3.54. The van der Waals surface area contributed by atoms with Crippen LogP contribution in [0.3, 0.4) is 0 Å². The molecule has 0 aliphatic rings. The molecule has 0 aliphatic heterocycles. The molecule has 2 heterocycles. The summed E-state index contributed by atoms with van der Waals surface area (Å²) in [6, 6.07) is 5.76. The summed E-state index contributed by atoms with van der Waals surface area (Å²) < 4.78 is 22.1. The Hall–Kier alpha value is -4.15. The number of nitrogens with zero attached hydrogens (tertiary/aromatic N) is 5. The molecule has 0 saturated carbocycles. The van der Waals surface area contributed by atoms with Crippen molar-refractivity contribution >= 4 is 29.4 Å². The predicted octanol–water partition coefficient (Wildman–Crippen LogP) is 4.09. The molecule has 0 fully saturated rings. The van der Waals surface area contributed by atoms with Crippen molar-refractivity contribution in [2.75, 3.05) is 0 Å². The van der Waals surface area contributed by atoms with Gasteiger partial charge in [0.1, 0.15) is 6.07 Å². The first kappa shape index (κ1) is 28.4. The van der Waals surface area contributed by atoms with Gasteiger partial charge in [-0.3, -0.25) is 9.78 Å². The molecule has 38 heavy (non-hydrogen) atoms. The van der Waals surface area contributed by atoms with E-state index in [4.69, 9.17) is 47.4 Å². The van der Waals surface area contributed by atoms with E-state index in [9.17, 15) is 14.4 Å². The van der Waals surface area contributed by atoms with Crippen LogP contribution in [-0.4, -0.2) is 43.5 Å². The van der Waals surface area contributed by atoms with Gasteiger partial charge in [0.2, 0.25) is 23.7 Å². The van der Waals surface area contributed by atoms with Crippen molar-refractivity contribution < 1.29 is 23.7 Å². The summed E-state index contributed by atoms with van der Waals surface area (Å²) in [5, 5.41) is 20.7. The van der Waals surface area contributed by atoms with Crippen LogP contribution >= 0.6 is 23.2 Å². The van der Waals surface area contributed by atoms with Crippen LogP contribution in [0.5, 0.6) is 17.5 Å². The standard InChI is InChI=1S/C23H22Cl2N6O7/c1-10(2)14-8-18(28-29-21(14)36-12(5)37-23(34)35-11(3)4)38-19-15(24)6-13(7-16(19)25)31-22(33)27-20(32)17(9-26)30-31/h6-8,10-12H,1-5H3,(H,27,32,33). The number of H-pyrrole nitrogens is 1. The van der Waals surface area contributed by atoms with Crippen molar-refractivity contribution in [1.82, 2.24) is 25.0 Å². The van der Waals surface area contributed by atoms with Crippen LogP contribution in [0.1, 0.15) is 51.8 Å². The molecule has 13 nitrogen and oxygen atoms in total. The Morgan fingerprint density at radius 2 is 1.71 bits per heavy atom. The highest BCUT2D eigenvalue weighted by molar-refractivity contribution is 6.37. The molecule has 15 heteroatoms. The summed E-state index contributed by atoms with van der Waals surface area (Å²) in [7, 11) is 0. The number of nitrogens with one attached hydrogen (secondary N) is 1. The second-order valence-corrected chi connectivity index (χ2v) is 9.10. The van der Waals surface area contributed by atoms with Gasteiger partial charge in [0.15, 0.2) is 5.75 Å². The zero-order chi connectivity index (χ0) is 28.1. The maximum absolute atomic E-state index is 12.2. The summed E-state index contributed by atoms with van der Waals surface area (Å²) >= 11 is 12.7. The van der Waals surface area contributed by atoms with E-state index < -0.39 is 29.4 Å². The van der Waals surface area contributed by atoms with E-state index in [0.717, 1.165) is 4.68 Å². The minimum atomic E-state index is -1.01. The first-order chi connectivity index (χ1) is 17.9. The molecule has 1 aromatic carbocycles. The third kappa shape index (κ3) is 6.78. The Bertz CT molecular complexity index is 1490. The molecule has 0 spiro atoms. The lowest BCUT2D eigenvalue weighted by Gasteiger charge is -2.18. The second-order valence-electron chi connectivity index (χ2n) is 8.29.